The summed E-state index contributed by atoms with van der Waals surface area (Å²) in [6.07, 6.45) is 3.48. The molecule has 1 atom stereocenters. The number of nitrogens with zero attached hydrogens (tertiary/aromatic N) is 2. The molecule has 6 rings (SSSR count). The minimum atomic E-state index is 0.347. The van der Waals surface area contributed by atoms with E-state index in [-0.39, 0.29) is 0 Å². The van der Waals surface area contributed by atoms with Gasteiger partial charge in [-0.3, -0.25) is 0 Å². The van der Waals surface area contributed by atoms with Crippen LogP contribution in [0.15, 0.2) is 48.5 Å². The molecule has 0 aliphatic carbocycles. The van der Waals surface area contributed by atoms with Gasteiger partial charge >= 0.3 is 0 Å². The zero-order chi connectivity index (χ0) is 21.5. The molecule has 162 valence electrons. The summed E-state index contributed by atoms with van der Waals surface area (Å²) in [7, 11) is 0. The SMILES string of the molecule is CCCNCc1nc2ccc(-c3ccc4c(ccc5[nH]c([C@@H]6CCCN6)nc54)c3)cc2[nH]1. The van der Waals surface area contributed by atoms with E-state index in [4.69, 9.17) is 9.97 Å². The van der Waals surface area contributed by atoms with Crippen LogP contribution in [0.25, 0.3) is 44.0 Å². The number of fused-ring (bicyclic) bond motifs is 4. The van der Waals surface area contributed by atoms with E-state index < -0.39 is 0 Å². The number of hydrogen-bond acceptors (Lipinski definition) is 4. The van der Waals surface area contributed by atoms with E-state index in [0.717, 1.165) is 66.2 Å². The maximum Gasteiger partial charge on any atom is 0.124 e. The Hall–Kier alpha value is -3.22. The summed E-state index contributed by atoms with van der Waals surface area (Å²) in [6.45, 7) is 5.01. The van der Waals surface area contributed by atoms with Gasteiger partial charge in [0.25, 0.3) is 0 Å². The number of hydrogen-bond donors (Lipinski definition) is 4. The van der Waals surface area contributed by atoms with Gasteiger partial charge in [0.05, 0.1) is 34.7 Å². The van der Waals surface area contributed by atoms with Crippen molar-refractivity contribution in [3.05, 3.63) is 60.2 Å². The Balaban J connectivity index is 1.34. The molecule has 3 aromatic carbocycles. The lowest BCUT2D eigenvalue weighted by Gasteiger charge is -2.05. The first-order valence-corrected chi connectivity index (χ1v) is 11.6. The van der Waals surface area contributed by atoms with Crippen LogP contribution < -0.4 is 10.6 Å². The van der Waals surface area contributed by atoms with Gasteiger partial charge in [-0.05, 0) is 73.1 Å². The Bertz CT molecular complexity index is 1410. The Morgan fingerprint density at radius 1 is 0.969 bits per heavy atom. The molecule has 1 aliphatic heterocycles. The second kappa shape index (κ2) is 8.04. The van der Waals surface area contributed by atoms with Crippen molar-refractivity contribution in [3.8, 4) is 11.1 Å². The van der Waals surface area contributed by atoms with Crippen LogP contribution in [0.1, 0.15) is 43.9 Å². The smallest absolute Gasteiger partial charge is 0.124 e. The number of nitrogens with one attached hydrogen (secondary N) is 4. The second-order valence-corrected chi connectivity index (χ2v) is 8.76. The molecule has 1 fully saturated rings. The Kier molecular flexibility index (Phi) is 4.89. The Morgan fingerprint density at radius 2 is 1.88 bits per heavy atom. The number of aromatic amines is 2. The third-order valence-corrected chi connectivity index (χ3v) is 6.46. The molecule has 0 unspecified atom stereocenters. The monoisotopic (exact) mass is 424 g/mol. The highest BCUT2D eigenvalue weighted by atomic mass is 15.0. The summed E-state index contributed by atoms with van der Waals surface area (Å²) >= 11 is 0. The van der Waals surface area contributed by atoms with Crippen molar-refractivity contribution in [2.75, 3.05) is 13.1 Å². The fraction of sp³-hybridized carbons (Fsp3) is 0.308. The van der Waals surface area contributed by atoms with Crippen LogP contribution in [0, 0.1) is 0 Å². The lowest BCUT2D eigenvalue weighted by Crippen LogP contribution is -2.14. The first-order chi connectivity index (χ1) is 15.8. The molecule has 0 spiro atoms. The Morgan fingerprint density at radius 3 is 2.75 bits per heavy atom. The van der Waals surface area contributed by atoms with Crippen LogP contribution in [0.4, 0.5) is 0 Å². The van der Waals surface area contributed by atoms with Gasteiger partial charge in [-0.25, -0.2) is 9.97 Å². The fourth-order valence-corrected chi connectivity index (χ4v) is 4.79. The summed E-state index contributed by atoms with van der Waals surface area (Å²) < 4.78 is 0. The first kappa shape index (κ1) is 19.5. The van der Waals surface area contributed by atoms with Gasteiger partial charge in [0, 0.05) is 5.39 Å². The molecule has 1 aliphatic rings. The molecule has 6 heteroatoms. The maximum atomic E-state index is 4.96. The fourth-order valence-electron chi connectivity index (χ4n) is 4.79. The van der Waals surface area contributed by atoms with Crippen LogP contribution in [-0.4, -0.2) is 33.0 Å². The molecule has 3 heterocycles. The molecule has 1 saturated heterocycles. The summed E-state index contributed by atoms with van der Waals surface area (Å²) in [5.41, 5.74) is 6.64. The zero-order valence-corrected chi connectivity index (χ0v) is 18.3. The highest BCUT2D eigenvalue weighted by Gasteiger charge is 2.20. The van der Waals surface area contributed by atoms with Gasteiger partial charge in [-0.1, -0.05) is 31.2 Å². The molecule has 5 aromatic rings. The summed E-state index contributed by atoms with van der Waals surface area (Å²) in [5, 5.41) is 9.35. The lowest BCUT2D eigenvalue weighted by molar-refractivity contribution is 0.614. The van der Waals surface area contributed by atoms with Crippen molar-refractivity contribution in [3.63, 3.8) is 0 Å². The molecule has 0 radical (unpaired) electrons. The molecular weight excluding hydrogens is 396 g/mol. The summed E-state index contributed by atoms with van der Waals surface area (Å²) in [5.74, 6) is 2.04. The van der Waals surface area contributed by atoms with E-state index in [1.807, 2.05) is 0 Å². The third-order valence-electron chi connectivity index (χ3n) is 6.46. The number of imidazole rings is 2. The van der Waals surface area contributed by atoms with Gasteiger partial charge < -0.3 is 20.6 Å². The third kappa shape index (κ3) is 3.45. The zero-order valence-electron chi connectivity index (χ0n) is 18.3. The topological polar surface area (TPSA) is 81.4 Å². The second-order valence-electron chi connectivity index (χ2n) is 8.76. The van der Waals surface area contributed by atoms with E-state index in [1.165, 1.54) is 28.3 Å². The van der Waals surface area contributed by atoms with Gasteiger partial charge in [-0.15, -0.1) is 0 Å². The molecule has 0 amide bonds. The molecule has 2 aromatic heterocycles. The highest BCUT2D eigenvalue weighted by Crippen LogP contribution is 2.31. The normalized spacial score (nSPS) is 16.6. The van der Waals surface area contributed by atoms with Crippen LogP contribution in [0.2, 0.25) is 0 Å². The molecule has 0 bridgehead atoms. The Labute approximate surface area is 186 Å². The van der Waals surface area contributed by atoms with Crippen molar-refractivity contribution in [1.82, 2.24) is 30.6 Å². The maximum absolute atomic E-state index is 4.96. The summed E-state index contributed by atoms with van der Waals surface area (Å²) in [4.78, 5) is 16.7. The van der Waals surface area contributed by atoms with E-state index in [1.54, 1.807) is 0 Å². The minimum Gasteiger partial charge on any atom is -0.341 e. The van der Waals surface area contributed by atoms with Gasteiger partial charge in [0.15, 0.2) is 0 Å². The molecule has 32 heavy (non-hydrogen) atoms. The van der Waals surface area contributed by atoms with Crippen molar-refractivity contribution < 1.29 is 0 Å². The molecule has 4 N–H and O–H groups in total. The predicted octanol–water partition coefficient (Wildman–Crippen LogP) is 5.18. The number of aromatic nitrogens is 4. The molecular formula is C26H28N6. The van der Waals surface area contributed by atoms with Crippen LogP contribution in [-0.2, 0) is 6.54 Å². The standard InChI is InChI=1S/C26H28N6/c1-2-11-27-15-24-29-20-9-6-17(14-23(20)30-24)16-5-8-19-18(13-16)7-10-21-25(19)32-26(31-21)22-4-3-12-28-22/h5-10,13-14,22,27-28H,2-4,11-12,15H2,1H3,(H,29,30)(H,31,32)/t22-/m0/s1. The van der Waals surface area contributed by atoms with Gasteiger partial charge in [0.1, 0.15) is 11.6 Å². The number of benzene rings is 3. The molecule has 6 nitrogen and oxygen atoms in total. The predicted molar refractivity (Wildman–Crippen MR) is 131 cm³/mol. The average molecular weight is 425 g/mol. The number of rotatable bonds is 6. The van der Waals surface area contributed by atoms with Crippen molar-refractivity contribution >= 4 is 32.8 Å². The van der Waals surface area contributed by atoms with E-state index in [0.29, 0.717) is 6.04 Å². The van der Waals surface area contributed by atoms with Crippen LogP contribution in [0.5, 0.6) is 0 Å². The quantitative estimate of drug-likeness (QED) is 0.283. The van der Waals surface area contributed by atoms with Crippen molar-refractivity contribution in [2.24, 2.45) is 0 Å². The van der Waals surface area contributed by atoms with E-state index in [2.05, 4.69) is 76.1 Å². The van der Waals surface area contributed by atoms with Crippen LogP contribution >= 0.6 is 0 Å². The van der Waals surface area contributed by atoms with Gasteiger partial charge in [-0.2, -0.15) is 0 Å². The van der Waals surface area contributed by atoms with E-state index in [9.17, 15) is 0 Å². The average Bonchev–Trinajstić information content (AvgIpc) is 3.57. The van der Waals surface area contributed by atoms with Gasteiger partial charge in [0.2, 0.25) is 0 Å². The largest absolute Gasteiger partial charge is 0.341 e. The highest BCUT2D eigenvalue weighted by molar-refractivity contribution is 6.05. The molecule has 0 saturated carbocycles. The first-order valence-electron chi connectivity index (χ1n) is 11.6. The summed E-state index contributed by atoms with van der Waals surface area (Å²) in [6, 6.07) is 17.8. The number of H-pyrrole nitrogens is 2. The minimum absolute atomic E-state index is 0.347. The van der Waals surface area contributed by atoms with E-state index >= 15 is 0 Å². The van der Waals surface area contributed by atoms with Crippen molar-refractivity contribution in [2.45, 2.75) is 38.8 Å². The van der Waals surface area contributed by atoms with Crippen LogP contribution in [0.3, 0.4) is 0 Å². The van der Waals surface area contributed by atoms with Crippen molar-refractivity contribution in [1.29, 1.82) is 0 Å². The lowest BCUT2D eigenvalue weighted by atomic mass is 10.0.